The van der Waals surface area contributed by atoms with Crippen molar-refractivity contribution in [3.05, 3.63) is 65.7 Å². The third kappa shape index (κ3) is 2.31. The van der Waals surface area contributed by atoms with Crippen LogP contribution in [0.15, 0.2) is 54.6 Å². The molecule has 0 saturated carbocycles. The first-order valence-electron chi connectivity index (χ1n) is 8.20. The van der Waals surface area contributed by atoms with Crippen LogP contribution in [0, 0.1) is 0 Å². The first kappa shape index (κ1) is 16.1. The number of para-hydroxylation sites is 2. The van der Waals surface area contributed by atoms with Crippen molar-refractivity contribution < 1.29 is 19.8 Å². The molecular formula is C20H16N2O4. The Morgan fingerprint density at radius 2 is 1.62 bits per heavy atom. The van der Waals surface area contributed by atoms with Crippen LogP contribution in [0.25, 0.3) is 10.8 Å². The molecule has 1 aliphatic rings. The second-order valence-corrected chi connectivity index (χ2v) is 5.97. The Kier molecular flexibility index (Phi) is 3.82. The van der Waals surface area contributed by atoms with Crippen LogP contribution in [0.4, 0.5) is 11.4 Å². The monoisotopic (exact) mass is 348 g/mol. The molecule has 3 N–H and O–H groups in total. The highest BCUT2D eigenvalue weighted by atomic mass is 16.3. The Morgan fingerprint density at radius 3 is 2.35 bits per heavy atom. The number of carbonyl (C=O) groups excluding carboxylic acids is 2. The third-order valence-electron chi connectivity index (χ3n) is 4.46. The van der Waals surface area contributed by atoms with Gasteiger partial charge in [0, 0.05) is 34.1 Å². The molecule has 3 aromatic rings. The molecule has 0 bridgehead atoms. The average molecular weight is 348 g/mol. The van der Waals surface area contributed by atoms with E-state index in [-0.39, 0.29) is 18.0 Å². The Labute approximate surface area is 149 Å². The van der Waals surface area contributed by atoms with Gasteiger partial charge in [-0.3, -0.25) is 9.59 Å². The van der Waals surface area contributed by atoms with Gasteiger partial charge in [-0.05, 0) is 30.3 Å². The molecule has 1 aliphatic heterocycles. The molecule has 0 aromatic heterocycles. The molecule has 6 heteroatoms. The lowest BCUT2D eigenvalue weighted by atomic mass is 9.92. The van der Waals surface area contributed by atoms with Crippen LogP contribution in [0.3, 0.4) is 0 Å². The molecule has 0 fully saturated rings. The minimum absolute atomic E-state index is 0.0259. The van der Waals surface area contributed by atoms with E-state index in [1.807, 2.05) is 6.07 Å². The minimum Gasteiger partial charge on any atom is -0.506 e. The molecular weight excluding hydrogens is 332 g/mol. The van der Waals surface area contributed by atoms with Gasteiger partial charge in [0.05, 0.1) is 12.3 Å². The Hall–Kier alpha value is -3.38. The zero-order valence-corrected chi connectivity index (χ0v) is 13.8. The third-order valence-corrected chi connectivity index (χ3v) is 4.46. The predicted molar refractivity (Wildman–Crippen MR) is 98.8 cm³/mol. The van der Waals surface area contributed by atoms with E-state index in [4.69, 9.17) is 5.11 Å². The van der Waals surface area contributed by atoms with Gasteiger partial charge in [0.15, 0.2) is 0 Å². The molecule has 2 amide bonds. The number of nitrogens with one attached hydrogen (secondary N) is 1. The number of carbonyl (C=O) groups is 2. The summed E-state index contributed by atoms with van der Waals surface area (Å²) in [6.45, 7) is 0.340. The summed E-state index contributed by atoms with van der Waals surface area (Å²) in [5.74, 6) is -1.09. The molecule has 0 saturated heterocycles. The number of phenols is 1. The maximum absolute atomic E-state index is 13.0. The van der Waals surface area contributed by atoms with Crippen molar-refractivity contribution in [2.75, 3.05) is 23.4 Å². The van der Waals surface area contributed by atoms with Crippen molar-refractivity contribution in [3.63, 3.8) is 0 Å². The summed E-state index contributed by atoms with van der Waals surface area (Å²) in [5, 5.41) is 23.6. The molecule has 4 rings (SSSR count). The fourth-order valence-corrected chi connectivity index (χ4v) is 3.31. The van der Waals surface area contributed by atoms with Gasteiger partial charge in [-0.15, -0.1) is 0 Å². The van der Waals surface area contributed by atoms with Gasteiger partial charge in [-0.2, -0.15) is 0 Å². The van der Waals surface area contributed by atoms with Gasteiger partial charge in [0.25, 0.3) is 11.8 Å². The van der Waals surface area contributed by atoms with E-state index < -0.39 is 11.8 Å². The van der Waals surface area contributed by atoms with E-state index in [0.717, 1.165) is 16.0 Å². The molecule has 6 nitrogen and oxygen atoms in total. The lowest BCUT2D eigenvalue weighted by Crippen LogP contribution is -2.40. The maximum Gasteiger partial charge on any atom is 0.266 e. The fourth-order valence-electron chi connectivity index (χ4n) is 3.31. The molecule has 0 radical (unpaired) electrons. The van der Waals surface area contributed by atoms with Gasteiger partial charge in [-0.1, -0.05) is 24.3 Å². The topological polar surface area (TPSA) is 89.9 Å². The maximum atomic E-state index is 13.0. The highest BCUT2D eigenvalue weighted by molar-refractivity contribution is 6.36. The van der Waals surface area contributed by atoms with Crippen molar-refractivity contribution in [2.24, 2.45) is 0 Å². The molecule has 1 heterocycles. The van der Waals surface area contributed by atoms with Crippen molar-refractivity contribution in [1.82, 2.24) is 0 Å². The number of benzene rings is 3. The van der Waals surface area contributed by atoms with Crippen LogP contribution in [0.5, 0.6) is 5.75 Å². The van der Waals surface area contributed by atoms with Crippen LogP contribution >= 0.6 is 0 Å². The van der Waals surface area contributed by atoms with Crippen molar-refractivity contribution in [2.45, 2.75) is 0 Å². The van der Waals surface area contributed by atoms with Crippen LogP contribution in [0.2, 0.25) is 0 Å². The number of imide groups is 1. The molecule has 0 spiro atoms. The smallest absolute Gasteiger partial charge is 0.266 e. The summed E-state index contributed by atoms with van der Waals surface area (Å²) in [7, 11) is 0. The fraction of sp³-hybridized carbons (Fsp3) is 0.100. The summed E-state index contributed by atoms with van der Waals surface area (Å²) in [6.07, 6.45) is 0. The Morgan fingerprint density at radius 1 is 0.885 bits per heavy atom. The van der Waals surface area contributed by atoms with Crippen LogP contribution in [-0.2, 0) is 0 Å². The van der Waals surface area contributed by atoms with Gasteiger partial charge < -0.3 is 15.5 Å². The highest BCUT2D eigenvalue weighted by Crippen LogP contribution is 2.38. The van der Waals surface area contributed by atoms with Crippen LogP contribution in [-0.4, -0.2) is 35.2 Å². The van der Waals surface area contributed by atoms with E-state index in [1.54, 1.807) is 36.4 Å². The summed E-state index contributed by atoms with van der Waals surface area (Å²) in [5.41, 5.74) is 1.70. The van der Waals surface area contributed by atoms with Gasteiger partial charge >= 0.3 is 0 Å². The molecule has 0 aliphatic carbocycles. The number of aromatic hydroxyl groups is 1. The number of phenolic OH excluding ortho intramolecular Hbond substituents is 1. The lowest BCUT2D eigenvalue weighted by Gasteiger charge is -2.28. The standard InChI is InChI=1S/C20H16N2O4/c23-11-10-21-15-9-8-14-18-12(15)4-3-5-13(18)19(25)22(20(14)26)16-6-1-2-7-17(16)24/h1-9,21,23-24H,10-11H2. The summed E-state index contributed by atoms with van der Waals surface area (Å²) < 4.78 is 0. The number of hydrogen-bond acceptors (Lipinski definition) is 5. The van der Waals surface area contributed by atoms with Crippen LogP contribution in [0.1, 0.15) is 20.7 Å². The molecule has 0 atom stereocenters. The number of hydrogen-bond donors (Lipinski definition) is 3. The number of aliphatic hydroxyl groups excluding tert-OH is 1. The molecule has 3 aromatic carbocycles. The van der Waals surface area contributed by atoms with Crippen molar-refractivity contribution in [1.29, 1.82) is 0 Å². The van der Waals surface area contributed by atoms with E-state index in [2.05, 4.69) is 5.32 Å². The number of rotatable bonds is 4. The zero-order valence-electron chi connectivity index (χ0n) is 13.8. The predicted octanol–water partition coefficient (Wildman–Crippen LogP) is 2.75. The first-order chi connectivity index (χ1) is 12.6. The molecule has 130 valence electrons. The summed E-state index contributed by atoms with van der Waals surface area (Å²) >= 11 is 0. The van der Waals surface area contributed by atoms with Gasteiger partial charge in [0.2, 0.25) is 0 Å². The molecule has 26 heavy (non-hydrogen) atoms. The summed E-state index contributed by atoms with van der Waals surface area (Å²) in [6, 6.07) is 14.9. The minimum atomic E-state index is -0.478. The van der Waals surface area contributed by atoms with E-state index >= 15 is 0 Å². The van der Waals surface area contributed by atoms with E-state index in [1.165, 1.54) is 12.1 Å². The quantitative estimate of drug-likeness (QED) is 0.631. The average Bonchev–Trinajstić information content (AvgIpc) is 2.66. The van der Waals surface area contributed by atoms with E-state index in [9.17, 15) is 14.7 Å². The number of nitrogens with zero attached hydrogens (tertiary/aromatic N) is 1. The zero-order chi connectivity index (χ0) is 18.3. The van der Waals surface area contributed by atoms with Gasteiger partial charge in [0.1, 0.15) is 5.75 Å². The first-order valence-corrected chi connectivity index (χ1v) is 8.20. The number of aliphatic hydroxyl groups is 1. The Balaban J connectivity index is 1.93. The second kappa shape index (κ2) is 6.16. The van der Waals surface area contributed by atoms with E-state index in [0.29, 0.717) is 23.1 Å². The number of amides is 2. The normalized spacial score (nSPS) is 13.3. The van der Waals surface area contributed by atoms with Crippen molar-refractivity contribution >= 4 is 34.0 Å². The van der Waals surface area contributed by atoms with Crippen molar-refractivity contribution in [3.8, 4) is 5.75 Å². The van der Waals surface area contributed by atoms with Crippen LogP contribution < -0.4 is 10.2 Å². The summed E-state index contributed by atoms with van der Waals surface area (Å²) in [4.78, 5) is 27.1. The lowest BCUT2D eigenvalue weighted by molar-refractivity contribution is 0.0892. The number of anilines is 2. The second-order valence-electron chi connectivity index (χ2n) is 5.97. The SMILES string of the molecule is O=C1c2cccc3c(NCCO)ccc(c23)C(=O)N1c1ccccc1O. The highest BCUT2D eigenvalue weighted by Gasteiger charge is 2.35. The largest absolute Gasteiger partial charge is 0.506 e. The Bertz CT molecular complexity index is 1020. The molecule has 0 unspecified atom stereocenters. The van der Waals surface area contributed by atoms with Gasteiger partial charge in [-0.25, -0.2) is 4.90 Å².